The molecule has 0 bridgehead atoms. The van der Waals surface area contributed by atoms with Gasteiger partial charge in [0.2, 0.25) is 0 Å². The van der Waals surface area contributed by atoms with E-state index < -0.39 is 5.97 Å². The zero-order valence-corrected chi connectivity index (χ0v) is 17.1. The third-order valence-electron chi connectivity index (χ3n) is 5.30. The molecular formula is C20H27N5O3. The van der Waals surface area contributed by atoms with Crippen LogP contribution in [0.25, 0.3) is 11.2 Å². The maximum atomic E-state index is 13.4. The highest BCUT2D eigenvalue weighted by Crippen LogP contribution is 2.23. The Morgan fingerprint density at radius 2 is 1.96 bits per heavy atom. The molecule has 0 amide bonds. The number of methoxy groups -OCH3 is 1. The van der Waals surface area contributed by atoms with Crippen LogP contribution >= 0.6 is 0 Å². The highest BCUT2D eigenvalue weighted by atomic mass is 16.5. The lowest BCUT2D eigenvalue weighted by Crippen LogP contribution is -2.28. The van der Waals surface area contributed by atoms with Crippen LogP contribution in [-0.2, 0) is 17.8 Å². The van der Waals surface area contributed by atoms with E-state index >= 15 is 0 Å². The highest BCUT2D eigenvalue weighted by Gasteiger charge is 2.23. The first kappa shape index (κ1) is 19.9. The van der Waals surface area contributed by atoms with Gasteiger partial charge in [-0.1, -0.05) is 13.8 Å². The molecular weight excluding hydrogens is 358 g/mol. The summed E-state index contributed by atoms with van der Waals surface area (Å²) in [6.07, 6.45) is 5.16. The van der Waals surface area contributed by atoms with Crippen molar-refractivity contribution >= 4 is 17.1 Å². The van der Waals surface area contributed by atoms with Gasteiger partial charge in [0.25, 0.3) is 0 Å². The number of esters is 1. The molecule has 3 aromatic rings. The number of aryl methyl sites for hydroxylation is 2. The van der Waals surface area contributed by atoms with Crippen LogP contribution in [0.2, 0.25) is 0 Å². The number of rotatable bonds is 7. The van der Waals surface area contributed by atoms with Crippen molar-refractivity contribution in [1.82, 2.24) is 23.7 Å². The van der Waals surface area contributed by atoms with E-state index in [1.54, 1.807) is 34.6 Å². The van der Waals surface area contributed by atoms with Crippen LogP contribution in [0.3, 0.4) is 0 Å². The van der Waals surface area contributed by atoms with Gasteiger partial charge in [-0.15, -0.1) is 0 Å². The molecule has 0 saturated heterocycles. The summed E-state index contributed by atoms with van der Waals surface area (Å²) in [4.78, 5) is 34.4. The third kappa shape index (κ3) is 3.23. The minimum atomic E-state index is -0.459. The van der Waals surface area contributed by atoms with Gasteiger partial charge in [0.1, 0.15) is 0 Å². The first-order valence-corrected chi connectivity index (χ1v) is 9.66. The van der Waals surface area contributed by atoms with Crippen LogP contribution in [0, 0.1) is 6.92 Å². The Hall–Kier alpha value is -2.90. The van der Waals surface area contributed by atoms with Crippen LogP contribution in [0.15, 0.2) is 23.4 Å². The topological polar surface area (TPSA) is 83.9 Å². The Labute approximate surface area is 163 Å². The van der Waals surface area contributed by atoms with E-state index in [4.69, 9.17) is 4.74 Å². The normalized spacial score (nSPS) is 11.5. The van der Waals surface area contributed by atoms with Gasteiger partial charge in [0.05, 0.1) is 42.4 Å². The Morgan fingerprint density at radius 1 is 1.25 bits per heavy atom. The van der Waals surface area contributed by atoms with E-state index in [0.717, 1.165) is 25.1 Å². The summed E-state index contributed by atoms with van der Waals surface area (Å²) in [6.45, 7) is 9.04. The number of ether oxygens (including phenoxy) is 1. The molecule has 0 aliphatic carbocycles. The number of fused-ring (bicyclic) bond motifs is 1. The fourth-order valence-electron chi connectivity index (χ4n) is 3.66. The first-order chi connectivity index (χ1) is 13.5. The minimum absolute atomic E-state index is 0.0446. The van der Waals surface area contributed by atoms with Crippen molar-refractivity contribution < 1.29 is 9.53 Å². The molecule has 0 saturated carbocycles. The summed E-state index contributed by atoms with van der Waals surface area (Å²) in [7, 11) is 1.34. The van der Waals surface area contributed by atoms with Crippen LogP contribution in [-0.4, -0.2) is 36.7 Å². The van der Waals surface area contributed by atoms with Gasteiger partial charge >= 0.3 is 11.7 Å². The minimum Gasteiger partial charge on any atom is -0.465 e. The van der Waals surface area contributed by atoms with E-state index in [0.29, 0.717) is 29.0 Å². The van der Waals surface area contributed by atoms with Crippen LogP contribution in [0.4, 0.5) is 0 Å². The summed E-state index contributed by atoms with van der Waals surface area (Å²) in [5, 5.41) is 0. The molecule has 0 aromatic carbocycles. The highest BCUT2D eigenvalue weighted by molar-refractivity contribution is 5.93. The number of pyridine rings is 1. The van der Waals surface area contributed by atoms with Gasteiger partial charge in [0.15, 0.2) is 5.65 Å². The van der Waals surface area contributed by atoms with Gasteiger partial charge < -0.3 is 9.30 Å². The van der Waals surface area contributed by atoms with Gasteiger partial charge in [-0.25, -0.2) is 19.6 Å². The molecule has 0 N–H and O–H groups in total. The zero-order valence-electron chi connectivity index (χ0n) is 17.1. The molecule has 3 aromatic heterocycles. The molecule has 3 heterocycles. The Balaban J connectivity index is 2.30. The van der Waals surface area contributed by atoms with Crippen LogP contribution in [0.5, 0.6) is 0 Å². The average molecular weight is 385 g/mol. The lowest BCUT2D eigenvalue weighted by Gasteiger charge is -2.14. The molecule has 28 heavy (non-hydrogen) atoms. The lowest BCUT2D eigenvalue weighted by molar-refractivity contribution is 0.0599. The van der Waals surface area contributed by atoms with Crippen LogP contribution < -0.4 is 5.69 Å². The molecule has 0 spiro atoms. The van der Waals surface area contributed by atoms with Crippen molar-refractivity contribution in [2.45, 2.75) is 59.7 Å². The largest absolute Gasteiger partial charge is 0.465 e. The van der Waals surface area contributed by atoms with E-state index in [-0.39, 0.29) is 11.7 Å². The molecule has 0 aliphatic heterocycles. The second kappa shape index (κ2) is 8.00. The van der Waals surface area contributed by atoms with Gasteiger partial charge in [-0.3, -0.25) is 9.13 Å². The van der Waals surface area contributed by atoms with Gasteiger partial charge in [0, 0.05) is 18.8 Å². The zero-order chi connectivity index (χ0) is 20.4. The van der Waals surface area contributed by atoms with Crippen molar-refractivity contribution in [3.05, 3.63) is 46.0 Å². The van der Waals surface area contributed by atoms with E-state index in [2.05, 4.69) is 23.8 Å². The Kier molecular flexibility index (Phi) is 5.67. The summed E-state index contributed by atoms with van der Waals surface area (Å²) >= 11 is 0. The summed E-state index contributed by atoms with van der Waals surface area (Å²) < 4.78 is 10.3. The summed E-state index contributed by atoms with van der Waals surface area (Å²) in [5.41, 5.74) is 2.96. The molecule has 0 aliphatic rings. The molecule has 0 fully saturated rings. The second-order valence-electron chi connectivity index (χ2n) is 6.84. The molecule has 150 valence electrons. The Bertz CT molecular complexity index is 1060. The molecule has 0 radical (unpaired) electrons. The standard InChI is InChI=1S/C20H27N5O3/c1-6-14(7-2)25-18-17(9-16(13(4)22-18)19(26)28-5)24(20(25)27)11-15-10-21-12-23(15)8-3/h9-10,12,14H,6-8,11H2,1-5H3. The maximum absolute atomic E-state index is 13.4. The second-order valence-corrected chi connectivity index (χ2v) is 6.84. The van der Waals surface area contributed by atoms with Crippen molar-refractivity contribution in [1.29, 1.82) is 0 Å². The SMILES string of the molecule is CCC(CC)n1c(=O)n(Cc2cncn2CC)c2cc(C(=O)OC)c(C)nc21. The average Bonchev–Trinajstić information content (AvgIpc) is 3.25. The monoisotopic (exact) mass is 385 g/mol. The number of carbonyl (C=O) groups is 1. The predicted molar refractivity (Wildman–Crippen MR) is 107 cm³/mol. The number of aromatic nitrogens is 5. The number of carbonyl (C=O) groups excluding carboxylic acids is 1. The van der Waals surface area contributed by atoms with Crippen molar-refractivity contribution in [2.24, 2.45) is 0 Å². The van der Waals surface area contributed by atoms with Crippen molar-refractivity contribution in [3.8, 4) is 0 Å². The van der Waals surface area contributed by atoms with Crippen LogP contribution in [0.1, 0.15) is 61.4 Å². The molecule has 0 atom stereocenters. The van der Waals surface area contributed by atoms with Crippen molar-refractivity contribution in [2.75, 3.05) is 7.11 Å². The third-order valence-corrected chi connectivity index (χ3v) is 5.30. The van der Waals surface area contributed by atoms with Crippen molar-refractivity contribution in [3.63, 3.8) is 0 Å². The summed E-state index contributed by atoms with van der Waals surface area (Å²) in [5.74, 6) is -0.459. The number of imidazole rings is 2. The number of hydrogen-bond acceptors (Lipinski definition) is 5. The predicted octanol–water partition coefficient (Wildman–Crippen LogP) is 2.92. The molecule has 8 heteroatoms. The fraction of sp³-hybridized carbons (Fsp3) is 0.500. The first-order valence-electron chi connectivity index (χ1n) is 9.66. The number of nitrogens with zero attached hydrogens (tertiary/aromatic N) is 5. The number of hydrogen-bond donors (Lipinski definition) is 0. The Morgan fingerprint density at radius 3 is 2.57 bits per heavy atom. The molecule has 8 nitrogen and oxygen atoms in total. The molecule has 0 unspecified atom stereocenters. The van der Waals surface area contributed by atoms with E-state index in [1.807, 2.05) is 11.5 Å². The van der Waals surface area contributed by atoms with E-state index in [9.17, 15) is 9.59 Å². The smallest absolute Gasteiger partial charge is 0.339 e. The van der Waals surface area contributed by atoms with Gasteiger partial charge in [-0.2, -0.15) is 0 Å². The molecule has 3 rings (SSSR count). The quantitative estimate of drug-likeness (QED) is 0.584. The maximum Gasteiger partial charge on any atom is 0.339 e. The summed E-state index contributed by atoms with van der Waals surface area (Å²) in [6, 6.07) is 1.76. The van der Waals surface area contributed by atoms with E-state index in [1.165, 1.54) is 7.11 Å². The lowest BCUT2D eigenvalue weighted by atomic mass is 10.1. The van der Waals surface area contributed by atoms with Gasteiger partial charge in [-0.05, 0) is 32.8 Å². The fourth-order valence-corrected chi connectivity index (χ4v) is 3.66.